The summed E-state index contributed by atoms with van der Waals surface area (Å²) in [5.41, 5.74) is 9.59. The highest BCUT2D eigenvalue weighted by molar-refractivity contribution is 5.32. The van der Waals surface area contributed by atoms with Crippen LogP contribution in [-0.4, -0.2) is 13.2 Å². The number of ether oxygens (including phenoxy) is 2. The first-order valence-electron chi connectivity index (χ1n) is 7.42. The van der Waals surface area contributed by atoms with E-state index in [4.69, 9.17) is 15.2 Å². The molecule has 0 spiro atoms. The lowest BCUT2D eigenvalue weighted by Gasteiger charge is -2.26. The second-order valence-corrected chi connectivity index (χ2v) is 5.48. The SMILES string of the molecule is CC(N)c1cccc(OCC2OCCc3ccccc32)c1. The molecule has 3 heteroatoms. The van der Waals surface area contributed by atoms with E-state index < -0.39 is 0 Å². The quantitative estimate of drug-likeness (QED) is 0.935. The molecule has 2 N–H and O–H groups in total. The summed E-state index contributed by atoms with van der Waals surface area (Å²) >= 11 is 0. The minimum absolute atomic E-state index is 0.00825. The normalized spacial score (nSPS) is 18.9. The van der Waals surface area contributed by atoms with Crippen molar-refractivity contribution in [2.45, 2.75) is 25.5 Å². The second-order valence-electron chi connectivity index (χ2n) is 5.48. The fraction of sp³-hybridized carbons (Fsp3) is 0.333. The summed E-state index contributed by atoms with van der Waals surface area (Å²) in [4.78, 5) is 0. The van der Waals surface area contributed by atoms with Gasteiger partial charge in [0.2, 0.25) is 0 Å². The number of fused-ring (bicyclic) bond motifs is 1. The van der Waals surface area contributed by atoms with Crippen LogP contribution in [0.15, 0.2) is 48.5 Å². The monoisotopic (exact) mass is 283 g/mol. The van der Waals surface area contributed by atoms with Crippen molar-refractivity contribution in [1.29, 1.82) is 0 Å². The first kappa shape index (κ1) is 14.1. The minimum atomic E-state index is 0.00825. The average molecular weight is 283 g/mol. The predicted octanol–water partition coefficient (Wildman–Crippen LogP) is 3.40. The first-order valence-corrected chi connectivity index (χ1v) is 7.42. The van der Waals surface area contributed by atoms with Crippen molar-refractivity contribution in [1.82, 2.24) is 0 Å². The molecule has 0 saturated carbocycles. The Labute approximate surface area is 125 Å². The number of benzene rings is 2. The molecule has 0 amide bonds. The third-order valence-electron chi connectivity index (χ3n) is 3.88. The van der Waals surface area contributed by atoms with E-state index in [1.807, 2.05) is 31.2 Å². The van der Waals surface area contributed by atoms with Gasteiger partial charge in [0.1, 0.15) is 18.5 Å². The molecule has 2 aromatic rings. The summed E-state index contributed by atoms with van der Waals surface area (Å²) in [6, 6.07) is 16.4. The van der Waals surface area contributed by atoms with Crippen molar-refractivity contribution in [2.24, 2.45) is 5.73 Å². The molecule has 0 radical (unpaired) electrons. The molecule has 1 aliphatic heterocycles. The molecule has 2 atom stereocenters. The Kier molecular flexibility index (Phi) is 4.23. The molecule has 2 aromatic carbocycles. The molecule has 110 valence electrons. The zero-order valence-electron chi connectivity index (χ0n) is 12.3. The van der Waals surface area contributed by atoms with E-state index in [0.717, 1.165) is 24.3 Å². The van der Waals surface area contributed by atoms with Gasteiger partial charge in [0.15, 0.2) is 0 Å². The van der Waals surface area contributed by atoms with Gasteiger partial charge in [-0.3, -0.25) is 0 Å². The van der Waals surface area contributed by atoms with E-state index in [9.17, 15) is 0 Å². The molecule has 3 nitrogen and oxygen atoms in total. The lowest BCUT2D eigenvalue weighted by atomic mass is 9.98. The van der Waals surface area contributed by atoms with E-state index >= 15 is 0 Å². The van der Waals surface area contributed by atoms with Crippen LogP contribution < -0.4 is 10.5 Å². The third-order valence-corrected chi connectivity index (χ3v) is 3.88. The second kappa shape index (κ2) is 6.29. The predicted molar refractivity (Wildman–Crippen MR) is 83.4 cm³/mol. The van der Waals surface area contributed by atoms with Crippen LogP contribution in [0.4, 0.5) is 0 Å². The minimum Gasteiger partial charge on any atom is -0.491 e. The smallest absolute Gasteiger partial charge is 0.119 e. The summed E-state index contributed by atoms with van der Waals surface area (Å²) < 4.78 is 11.8. The van der Waals surface area contributed by atoms with Crippen LogP contribution in [0.1, 0.15) is 35.8 Å². The van der Waals surface area contributed by atoms with Gasteiger partial charge >= 0.3 is 0 Å². The maximum atomic E-state index is 5.91. The van der Waals surface area contributed by atoms with Crippen LogP contribution in [0, 0.1) is 0 Å². The van der Waals surface area contributed by atoms with Gasteiger partial charge in [-0.15, -0.1) is 0 Å². The van der Waals surface area contributed by atoms with Crippen LogP contribution in [0.25, 0.3) is 0 Å². The van der Waals surface area contributed by atoms with E-state index in [1.54, 1.807) is 0 Å². The highest BCUT2D eigenvalue weighted by Gasteiger charge is 2.20. The summed E-state index contributed by atoms with van der Waals surface area (Å²) in [6.07, 6.45) is 0.987. The highest BCUT2D eigenvalue weighted by Crippen LogP contribution is 2.28. The van der Waals surface area contributed by atoms with Gasteiger partial charge in [0.05, 0.1) is 6.61 Å². The number of hydrogen-bond acceptors (Lipinski definition) is 3. The summed E-state index contributed by atoms with van der Waals surface area (Å²) in [5.74, 6) is 0.844. The Hall–Kier alpha value is -1.84. The number of hydrogen-bond donors (Lipinski definition) is 1. The van der Waals surface area contributed by atoms with Crippen molar-refractivity contribution in [3.8, 4) is 5.75 Å². The fourth-order valence-electron chi connectivity index (χ4n) is 2.67. The molecule has 1 aliphatic rings. The van der Waals surface area contributed by atoms with Crippen molar-refractivity contribution in [3.63, 3.8) is 0 Å². The van der Waals surface area contributed by atoms with Gasteiger partial charge in [-0.2, -0.15) is 0 Å². The van der Waals surface area contributed by atoms with Crippen molar-refractivity contribution in [3.05, 3.63) is 65.2 Å². The fourth-order valence-corrected chi connectivity index (χ4v) is 2.67. The Morgan fingerprint density at radius 1 is 1.24 bits per heavy atom. The standard InChI is InChI=1S/C18H21NO2/c1-13(19)15-6-4-7-16(11-15)21-12-18-17-8-3-2-5-14(17)9-10-20-18/h2-8,11,13,18H,9-10,12,19H2,1H3. The summed E-state index contributed by atoms with van der Waals surface area (Å²) in [6.45, 7) is 3.25. The Bertz CT molecular complexity index is 610. The molecule has 0 aliphatic carbocycles. The molecule has 0 aromatic heterocycles. The van der Waals surface area contributed by atoms with E-state index in [2.05, 4.69) is 24.3 Å². The molecule has 3 rings (SSSR count). The van der Waals surface area contributed by atoms with E-state index in [0.29, 0.717) is 6.61 Å². The largest absolute Gasteiger partial charge is 0.491 e. The van der Waals surface area contributed by atoms with Crippen molar-refractivity contribution < 1.29 is 9.47 Å². The van der Waals surface area contributed by atoms with Gasteiger partial charge < -0.3 is 15.2 Å². The zero-order chi connectivity index (χ0) is 14.7. The van der Waals surface area contributed by atoms with Crippen LogP contribution in [0.5, 0.6) is 5.75 Å². The molecular formula is C18H21NO2. The molecule has 0 fully saturated rings. The Morgan fingerprint density at radius 3 is 2.95 bits per heavy atom. The van der Waals surface area contributed by atoms with Gasteiger partial charge in [-0.05, 0) is 42.2 Å². The highest BCUT2D eigenvalue weighted by atomic mass is 16.5. The molecule has 0 saturated heterocycles. The molecular weight excluding hydrogens is 262 g/mol. The van der Waals surface area contributed by atoms with Gasteiger partial charge in [-0.1, -0.05) is 36.4 Å². The van der Waals surface area contributed by atoms with Gasteiger partial charge in [0, 0.05) is 6.04 Å². The van der Waals surface area contributed by atoms with Crippen LogP contribution in [-0.2, 0) is 11.2 Å². The maximum absolute atomic E-state index is 5.91. The topological polar surface area (TPSA) is 44.5 Å². The number of rotatable bonds is 4. The van der Waals surface area contributed by atoms with Crippen LogP contribution >= 0.6 is 0 Å². The van der Waals surface area contributed by atoms with Crippen molar-refractivity contribution >= 4 is 0 Å². The molecule has 21 heavy (non-hydrogen) atoms. The molecule has 0 bridgehead atoms. The molecule has 2 unspecified atom stereocenters. The van der Waals surface area contributed by atoms with Crippen molar-refractivity contribution in [2.75, 3.05) is 13.2 Å². The van der Waals surface area contributed by atoms with E-state index in [-0.39, 0.29) is 12.1 Å². The maximum Gasteiger partial charge on any atom is 0.119 e. The zero-order valence-corrected chi connectivity index (χ0v) is 12.3. The molecule has 1 heterocycles. The number of nitrogens with two attached hydrogens (primary N) is 1. The van der Waals surface area contributed by atoms with Crippen LogP contribution in [0.3, 0.4) is 0 Å². The van der Waals surface area contributed by atoms with Crippen LogP contribution in [0.2, 0.25) is 0 Å². The lowest BCUT2D eigenvalue weighted by molar-refractivity contribution is 0.0102. The lowest BCUT2D eigenvalue weighted by Crippen LogP contribution is -2.21. The van der Waals surface area contributed by atoms with E-state index in [1.165, 1.54) is 11.1 Å². The Balaban J connectivity index is 1.70. The van der Waals surface area contributed by atoms with Gasteiger partial charge in [0.25, 0.3) is 0 Å². The summed E-state index contributed by atoms with van der Waals surface area (Å²) in [5, 5.41) is 0. The van der Waals surface area contributed by atoms with Gasteiger partial charge in [-0.25, -0.2) is 0 Å². The summed E-state index contributed by atoms with van der Waals surface area (Å²) in [7, 11) is 0. The Morgan fingerprint density at radius 2 is 2.10 bits per heavy atom. The third kappa shape index (κ3) is 3.26. The first-order chi connectivity index (χ1) is 10.2. The average Bonchev–Trinajstić information content (AvgIpc) is 2.53.